The molecule has 2 aliphatic rings. The van der Waals surface area contributed by atoms with Crippen molar-refractivity contribution in [2.45, 2.75) is 62.7 Å². The number of amides is 1. The summed E-state index contributed by atoms with van der Waals surface area (Å²) in [6, 6.07) is 6.78. The molecule has 1 amide bonds. The van der Waals surface area contributed by atoms with E-state index in [2.05, 4.69) is 10.2 Å². The van der Waals surface area contributed by atoms with E-state index < -0.39 is 10.0 Å². The molecule has 0 atom stereocenters. The van der Waals surface area contributed by atoms with E-state index in [1.807, 2.05) is 0 Å². The summed E-state index contributed by atoms with van der Waals surface area (Å²) < 4.78 is 27.0. The van der Waals surface area contributed by atoms with E-state index in [0.717, 1.165) is 37.8 Å². The molecule has 29 heavy (non-hydrogen) atoms. The Kier molecular flexibility index (Phi) is 8.51. The predicted molar refractivity (Wildman–Crippen MR) is 115 cm³/mol. The Morgan fingerprint density at radius 3 is 2.10 bits per heavy atom. The fraction of sp³-hybridized carbons (Fsp3) is 0.682. The molecular weight excluding hydrogens is 386 g/mol. The van der Waals surface area contributed by atoms with Crippen molar-refractivity contribution in [1.82, 2.24) is 14.5 Å². The van der Waals surface area contributed by atoms with Gasteiger partial charge in [0, 0.05) is 19.6 Å². The summed E-state index contributed by atoms with van der Waals surface area (Å²) in [7, 11) is -3.41. The van der Waals surface area contributed by atoms with E-state index >= 15 is 0 Å². The van der Waals surface area contributed by atoms with Gasteiger partial charge in [0.1, 0.15) is 0 Å². The lowest BCUT2D eigenvalue weighted by Crippen LogP contribution is -2.35. The second-order valence-corrected chi connectivity index (χ2v) is 10.2. The molecular formula is C22H35N3O3S. The summed E-state index contributed by atoms with van der Waals surface area (Å²) in [5.74, 6) is -0.00694. The molecule has 2 saturated heterocycles. The molecule has 1 aromatic rings. The third kappa shape index (κ3) is 6.79. The molecule has 2 heterocycles. The molecule has 1 aromatic carbocycles. The first-order valence-electron chi connectivity index (χ1n) is 11.1. The highest BCUT2D eigenvalue weighted by atomic mass is 32.2. The van der Waals surface area contributed by atoms with Crippen LogP contribution in [-0.2, 0) is 21.2 Å². The van der Waals surface area contributed by atoms with Crippen molar-refractivity contribution in [1.29, 1.82) is 0 Å². The van der Waals surface area contributed by atoms with Gasteiger partial charge >= 0.3 is 0 Å². The molecule has 162 valence electrons. The van der Waals surface area contributed by atoms with E-state index in [0.29, 0.717) is 24.5 Å². The van der Waals surface area contributed by atoms with Crippen molar-refractivity contribution >= 4 is 15.9 Å². The van der Waals surface area contributed by atoms with Crippen LogP contribution in [0.5, 0.6) is 0 Å². The molecule has 0 aromatic heterocycles. The van der Waals surface area contributed by atoms with Gasteiger partial charge in [-0.1, -0.05) is 31.4 Å². The van der Waals surface area contributed by atoms with Crippen molar-refractivity contribution in [3.8, 4) is 0 Å². The monoisotopic (exact) mass is 421 g/mol. The smallest absolute Gasteiger partial charge is 0.243 e. The summed E-state index contributed by atoms with van der Waals surface area (Å²) in [4.78, 5) is 15.0. The largest absolute Gasteiger partial charge is 0.356 e. The van der Waals surface area contributed by atoms with Crippen LogP contribution in [0.2, 0.25) is 0 Å². The summed E-state index contributed by atoms with van der Waals surface area (Å²) in [5, 5.41) is 2.99. The minimum atomic E-state index is -3.41. The molecule has 7 heteroatoms. The number of likely N-dealkylation sites (tertiary alicyclic amines) is 1. The number of sulfonamides is 1. The fourth-order valence-corrected chi connectivity index (χ4v) is 5.69. The summed E-state index contributed by atoms with van der Waals surface area (Å²) in [6.45, 7) is 5.30. The van der Waals surface area contributed by atoms with Gasteiger partial charge in [0.2, 0.25) is 15.9 Å². The number of nitrogens with one attached hydrogen (secondary N) is 1. The first kappa shape index (κ1) is 22.2. The Labute approximate surface area is 175 Å². The highest BCUT2D eigenvalue weighted by molar-refractivity contribution is 7.89. The second-order valence-electron chi connectivity index (χ2n) is 8.24. The highest BCUT2D eigenvalue weighted by Crippen LogP contribution is 2.21. The van der Waals surface area contributed by atoms with E-state index in [1.165, 1.54) is 38.8 Å². The zero-order chi connectivity index (χ0) is 20.5. The van der Waals surface area contributed by atoms with E-state index in [9.17, 15) is 13.2 Å². The van der Waals surface area contributed by atoms with Crippen LogP contribution in [0, 0.1) is 0 Å². The summed E-state index contributed by atoms with van der Waals surface area (Å²) in [5.41, 5.74) is 0.840. The van der Waals surface area contributed by atoms with E-state index in [1.54, 1.807) is 28.6 Å². The van der Waals surface area contributed by atoms with Gasteiger partial charge in [0.05, 0.1) is 11.3 Å². The Morgan fingerprint density at radius 1 is 0.862 bits per heavy atom. The van der Waals surface area contributed by atoms with Crippen LogP contribution >= 0.6 is 0 Å². The van der Waals surface area contributed by atoms with Crippen LogP contribution in [0.3, 0.4) is 0 Å². The van der Waals surface area contributed by atoms with Gasteiger partial charge in [0.15, 0.2) is 0 Å². The van der Waals surface area contributed by atoms with Crippen molar-refractivity contribution in [2.24, 2.45) is 0 Å². The van der Waals surface area contributed by atoms with Crippen molar-refractivity contribution < 1.29 is 13.2 Å². The topological polar surface area (TPSA) is 69.7 Å². The predicted octanol–water partition coefficient (Wildman–Crippen LogP) is 2.79. The first-order chi connectivity index (χ1) is 14.1. The average molecular weight is 422 g/mol. The van der Waals surface area contributed by atoms with Crippen LogP contribution < -0.4 is 5.32 Å². The minimum absolute atomic E-state index is 0.00694. The molecule has 2 fully saturated rings. The molecule has 1 N–H and O–H groups in total. The summed E-state index contributed by atoms with van der Waals surface area (Å²) >= 11 is 0. The lowest BCUT2D eigenvalue weighted by Gasteiger charge is -2.25. The van der Waals surface area contributed by atoms with Crippen molar-refractivity contribution in [3.63, 3.8) is 0 Å². The average Bonchev–Trinajstić information content (AvgIpc) is 3.01. The molecule has 0 spiro atoms. The number of carbonyl (C=O) groups excluding carboxylic acids is 1. The minimum Gasteiger partial charge on any atom is -0.356 e. The maximum Gasteiger partial charge on any atom is 0.243 e. The number of carbonyl (C=O) groups is 1. The van der Waals surface area contributed by atoms with Gasteiger partial charge in [0.25, 0.3) is 0 Å². The van der Waals surface area contributed by atoms with Gasteiger partial charge in [-0.05, 0) is 69.4 Å². The molecule has 0 unspecified atom stereocenters. The van der Waals surface area contributed by atoms with Crippen LogP contribution in [0.1, 0.15) is 56.9 Å². The Morgan fingerprint density at radius 2 is 1.45 bits per heavy atom. The molecule has 0 saturated carbocycles. The number of hydrogen-bond donors (Lipinski definition) is 1. The van der Waals surface area contributed by atoms with Gasteiger partial charge in [-0.25, -0.2) is 8.42 Å². The SMILES string of the molecule is O=C(Cc1ccc(S(=O)(=O)N2CCCCC2)cc1)NCCCN1CCCCCC1. The summed E-state index contributed by atoms with van der Waals surface area (Å²) in [6.07, 6.45) is 9.46. The highest BCUT2D eigenvalue weighted by Gasteiger charge is 2.25. The zero-order valence-electron chi connectivity index (χ0n) is 17.4. The van der Waals surface area contributed by atoms with Crippen molar-refractivity contribution in [3.05, 3.63) is 29.8 Å². The Hall–Kier alpha value is -1.44. The number of rotatable bonds is 8. The fourth-order valence-electron chi connectivity index (χ4n) is 4.17. The van der Waals surface area contributed by atoms with Crippen LogP contribution in [-0.4, -0.2) is 62.8 Å². The number of benzene rings is 1. The Bertz CT molecular complexity index is 735. The zero-order valence-corrected chi connectivity index (χ0v) is 18.3. The molecule has 0 bridgehead atoms. The van der Waals surface area contributed by atoms with Crippen LogP contribution in [0.15, 0.2) is 29.2 Å². The second kappa shape index (κ2) is 11.1. The maximum absolute atomic E-state index is 12.7. The number of nitrogens with zero attached hydrogens (tertiary/aromatic N) is 2. The number of hydrogen-bond acceptors (Lipinski definition) is 4. The maximum atomic E-state index is 12.7. The lowest BCUT2D eigenvalue weighted by molar-refractivity contribution is -0.120. The van der Waals surface area contributed by atoms with Gasteiger partial charge in [-0.3, -0.25) is 4.79 Å². The standard InChI is InChI=1S/C22H35N3O3S/c26-22(23-13-8-16-24-14-4-1-2-5-15-24)19-20-9-11-21(12-10-20)29(27,28)25-17-6-3-7-18-25/h9-12H,1-8,13-19H2,(H,23,26). The third-order valence-electron chi connectivity index (χ3n) is 5.91. The van der Waals surface area contributed by atoms with Crippen LogP contribution in [0.25, 0.3) is 0 Å². The van der Waals surface area contributed by atoms with Crippen molar-refractivity contribution in [2.75, 3.05) is 39.3 Å². The van der Waals surface area contributed by atoms with Gasteiger partial charge < -0.3 is 10.2 Å². The lowest BCUT2D eigenvalue weighted by atomic mass is 10.1. The van der Waals surface area contributed by atoms with E-state index in [-0.39, 0.29) is 12.3 Å². The molecule has 3 rings (SSSR count). The van der Waals surface area contributed by atoms with Gasteiger partial charge in [-0.2, -0.15) is 4.31 Å². The molecule has 2 aliphatic heterocycles. The molecule has 0 aliphatic carbocycles. The van der Waals surface area contributed by atoms with E-state index in [4.69, 9.17) is 0 Å². The van der Waals surface area contributed by atoms with Crippen LogP contribution in [0.4, 0.5) is 0 Å². The van der Waals surface area contributed by atoms with Gasteiger partial charge in [-0.15, -0.1) is 0 Å². The normalized spacial score (nSPS) is 19.6. The number of piperidine rings is 1. The Balaban J connectivity index is 1.41. The molecule has 0 radical (unpaired) electrons. The quantitative estimate of drug-likeness (QED) is 0.656. The third-order valence-corrected chi connectivity index (χ3v) is 7.83. The molecule has 6 nitrogen and oxygen atoms in total. The first-order valence-corrected chi connectivity index (χ1v) is 12.6.